The summed E-state index contributed by atoms with van der Waals surface area (Å²) in [5.74, 6) is -2.28. The first-order chi connectivity index (χ1) is 8.75. The fourth-order valence-corrected chi connectivity index (χ4v) is 2.62. The Bertz CT molecular complexity index is 453. The van der Waals surface area contributed by atoms with Gasteiger partial charge in [0.1, 0.15) is 0 Å². The second kappa shape index (κ2) is 4.88. The lowest BCUT2D eigenvalue weighted by Crippen LogP contribution is -2.16. The molecule has 2 heteroatoms. The third kappa shape index (κ3) is 3.34. The van der Waals surface area contributed by atoms with E-state index in [1.807, 2.05) is 6.07 Å². The molecule has 0 bridgehead atoms. The number of rotatable bonds is 5. The average Bonchev–Trinajstić information content (AvgIpc) is 3.06. The molecule has 1 aromatic rings. The van der Waals surface area contributed by atoms with Crippen molar-refractivity contribution in [3.63, 3.8) is 0 Å². The van der Waals surface area contributed by atoms with Gasteiger partial charge in [-0.2, -0.15) is 0 Å². The SMILES string of the molecule is CCC(C)c1cc(C2(C)CC2)ccc1CC(C)(F)F. The van der Waals surface area contributed by atoms with E-state index in [0.29, 0.717) is 11.3 Å². The molecule has 1 aliphatic carbocycles. The van der Waals surface area contributed by atoms with Gasteiger partial charge in [-0.1, -0.05) is 39.0 Å². The van der Waals surface area contributed by atoms with Crippen molar-refractivity contribution in [2.75, 3.05) is 0 Å². The van der Waals surface area contributed by atoms with Crippen LogP contribution in [0.4, 0.5) is 8.78 Å². The minimum absolute atomic E-state index is 0.149. The zero-order chi connectivity index (χ0) is 14.3. The van der Waals surface area contributed by atoms with Crippen LogP contribution in [0.1, 0.15) is 69.6 Å². The van der Waals surface area contributed by atoms with Gasteiger partial charge in [-0.3, -0.25) is 0 Å². The van der Waals surface area contributed by atoms with Crippen molar-refractivity contribution < 1.29 is 8.78 Å². The fraction of sp³-hybridized carbons (Fsp3) is 0.647. The van der Waals surface area contributed by atoms with Gasteiger partial charge >= 0.3 is 0 Å². The van der Waals surface area contributed by atoms with Gasteiger partial charge < -0.3 is 0 Å². The van der Waals surface area contributed by atoms with E-state index < -0.39 is 5.92 Å². The summed E-state index contributed by atoms with van der Waals surface area (Å²) in [6.07, 6.45) is 3.28. The first-order valence-electron chi connectivity index (χ1n) is 7.26. The standard InChI is InChI=1S/C17H24F2/c1-5-12(2)15-10-14(16(3)8-9-16)7-6-13(15)11-17(4,18)19/h6-7,10,12H,5,8-9,11H2,1-4H3. The van der Waals surface area contributed by atoms with Gasteiger partial charge in [-0.15, -0.1) is 0 Å². The van der Waals surface area contributed by atoms with Gasteiger partial charge in [-0.25, -0.2) is 8.78 Å². The highest BCUT2D eigenvalue weighted by Gasteiger charge is 2.39. The second-order valence-electron chi connectivity index (χ2n) is 6.53. The van der Waals surface area contributed by atoms with Gasteiger partial charge in [0.2, 0.25) is 5.92 Å². The summed E-state index contributed by atoms with van der Waals surface area (Å²) in [6.45, 7) is 7.51. The van der Waals surface area contributed by atoms with Crippen LogP contribution in [0.3, 0.4) is 0 Å². The quantitative estimate of drug-likeness (QED) is 0.665. The first kappa shape index (κ1) is 14.5. The third-order valence-corrected chi connectivity index (χ3v) is 4.49. The van der Waals surface area contributed by atoms with E-state index in [1.165, 1.54) is 18.4 Å². The van der Waals surface area contributed by atoms with Gasteiger partial charge in [0, 0.05) is 6.42 Å². The van der Waals surface area contributed by atoms with Gasteiger partial charge in [0.15, 0.2) is 0 Å². The average molecular weight is 266 g/mol. The largest absolute Gasteiger partial charge is 0.249 e. The third-order valence-electron chi connectivity index (χ3n) is 4.49. The number of hydrogen-bond acceptors (Lipinski definition) is 0. The van der Waals surface area contributed by atoms with Crippen LogP contribution in [0.5, 0.6) is 0 Å². The molecule has 106 valence electrons. The van der Waals surface area contributed by atoms with Crippen LogP contribution in [-0.2, 0) is 11.8 Å². The Morgan fingerprint density at radius 3 is 2.42 bits per heavy atom. The molecule has 0 saturated heterocycles. The van der Waals surface area contributed by atoms with E-state index in [9.17, 15) is 8.78 Å². The maximum absolute atomic E-state index is 13.3. The number of halogens is 2. The zero-order valence-corrected chi connectivity index (χ0v) is 12.4. The molecule has 0 heterocycles. The molecule has 0 nitrogen and oxygen atoms in total. The number of hydrogen-bond donors (Lipinski definition) is 0. The van der Waals surface area contributed by atoms with Crippen molar-refractivity contribution in [2.24, 2.45) is 0 Å². The fourth-order valence-electron chi connectivity index (χ4n) is 2.62. The Balaban J connectivity index is 2.37. The topological polar surface area (TPSA) is 0 Å². The van der Waals surface area contributed by atoms with E-state index in [-0.39, 0.29) is 6.42 Å². The van der Waals surface area contributed by atoms with E-state index in [1.54, 1.807) is 0 Å². The molecule has 1 fully saturated rings. The molecule has 1 aliphatic rings. The van der Waals surface area contributed by atoms with Crippen LogP contribution >= 0.6 is 0 Å². The van der Waals surface area contributed by atoms with Crippen LogP contribution in [0.2, 0.25) is 0 Å². The lowest BCUT2D eigenvalue weighted by molar-refractivity contribution is 0.0223. The molecule has 1 aromatic carbocycles. The molecular formula is C17H24F2. The molecule has 0 aliphatic heterocycles. The van der Waals surface area contributed by atoms with E-state index in [0.717, 1.165) is 24.5 Å². The van der Waals surface area contributed by atoms with Crippen LogP contribution < -0.4 is 0 Å². The monoisotopic (exact) mass is 266 g/mol. The maximum atomic E-state index is 13.3. The summed E-state index contributed by atoms with van der Waals surface area (Å²) < 4.78 is 26.6. The lowest BCUT2D eigenvalue weighted by atomic mass is 9.86. The molecule has 19 heavy (non-hydrogen) atoms. The van der Waals surface area contributed by atoms with Gasteiger partial charge in [0.25, 0.3) is 0 Å². The number of alkyl halides is 2. The lowest BCUT2D eigenvalue weighted by Gasteiger charge is -2.21. The maximum Gasteiger partial charge on any atom is 0.249 e. The second-order valence-corrected chi connectivity index (χ2v) is 6.53. The predicted molar refractivity (Wildman–Crippen MR) is 76.1 cm³/mol. The first-order valence-corrected chi connectivity index (χ1v) is 7.26. The molecule has 2 rings (SSSR count). The van der Waals surface area contributed by atoms with E-state index >= 15 is 0 Å². The highest BCUT2D eigenvalue weighted by molar-refractivity contribution is 5.40. The van der Waals surface area contributed by atoms with Crippen LogP contribution in [0, 0.1) is 0 Å². The van der Waals surface area contributed by atoms with E-state index in [4.69, 9.17) is 0 Å². The summed E-state index contributed by atoms with van der Waals surface area (Å²) in [4.78, 5) is 0. The van der Waals surface area contributed by atoms with Crippen molar-refractivity contribution >= 4 is 0 Å². The zero-order valence-electron chi connectivity index (χ0n) is 12.4. The Labute approximate surface area is 115 Å². The van der Waals surface area contributed by atoms with Crippen molar-refractivity contribution in [1.29, 1.82) is 0 Å². The smallest absolute Gasteiger partial charge is 0.207 e. The summed E-state index contributed by atoms with van der Waals surface area (Å²) in [6, 6.07) is 6.17. The Hall–Kier alpha value is -0.920. The summed E-state index contributed by atoms with van der Waals surface area (Å²) in [5.41, 5.74) is 3.56. The number of benzene rings is 1. The van der Waals surface area contributed by atoms with Crippen molar-refractivity contribution in [3.05, 3.63) is 34.9 Å². The molecule has 0 aromatic heterocycles. The molecule has 1 unspecified atom stereocenters. The highest BCUT2D eigenvalue weighted by atomic mass is 19.3. The molecule has 1 saturated carbocycles. The minimum Gasteiger partial charge on any atom is -0.207 e. The normalized spacial score (nSPS) is 19.3. The predicted octanol–water partition coefficient (Wildman–Crippen LogP) is 5.45. The Morgan fingerprint density at radius 1 is 1.32 bits per heavy atom. The molecule has 0 spiro atoms. The highest BCUT2D eigenvalue weighted by Crippen LogP contribution is 2.48. The molecule has 1 atom stereocenters. The molecule has 0 amide bonds. The van der Waals surface area contributed by atoms with Gasteiger partial charge in [-0.05, 0) is 54.2 Å². The van der Waals surface area contributed by atoms with Crippen molar-refractivity contribution in [3.8, 4) is 0 Å². The summed E-state index contributed by atoms with van der Waals surface area (Å²) in [5, 5.41) is 0. The van der Waals surface area contributed by atoms with Crippen LogP contribution in [0.25, 0.3) is 0 Å². The Kier molecular flexibility index (Phi) is 3.72. The molecule has 0 N–H and O–H groups in total. The molecular weight excluding hydrogens is 242 g/mol. The Morgan fingerprint density at radius 2 is 1.95 bits per heavy atom. The van der Waals surface area contributed by atoms with Crippen molar-refractivity contribution in [1.82, 2.24) is 0 Å². The summed E-state index contributed by atoms with van der Waals surface area (Å²) >= 11 is 0. The van der Waals surface area contributed by atoms with Crippen LogP contribution in [-0.4, -0.2) is 5.92 Å². The van der Waals surface area contributed by atoms with E-state index in [2.05, 4.69) is 32.9 Å². The molecule has 0 radical (unpaired) electrons. The van der Waals surface area contributed by atoms with Crippen molar-refractivity contribution in [2.45, 2.75) is 70.6 Å². The summed E-state index contributed by atoms with van der Waals surface area (Å²) in [7, 11) is 0. The minimum atomic E-state index is -2.63. The van der Waals surface area contributed by atoms with Gasteiger partial charge in [0.05, 0.1) is 0 Å². The van der Waals surface area contributed by atoms with Crippen LogP contribution in [0.15, 0.2) is 18.2 Å².